The summed E-state index contributed by atoms with van der Waals surface area (Å²) in [5, 5.41) is 0. The van der Waals surface area contributed by atoms with E-state index in [2.05, 4.69) is 26.2 Å². The van der Waals surface area contributed by atoms with E-state index < -0.39 is 8.07 Å². The average Bonchev–Trinajstić information content (AvgIpc) is 2.17. The van der Waals surface area contributed by atoms with Gasteiger partial charge < -0.3 is 4.74 Å². The van der Waals surface area contributed by atoms with E-state index >= 15 is 0 Å². The molecule has 0 radical (unpaired) electrons. The SMILES string of the molecule is C=Cc1ccc(OCC[Si](C)(C)C)cc1. The third-order valence-corrected chi connectivity index (χ3v) is 3.94. The molecular formula is C13H20OSi. The molecule has 0 aliphatic rings. The van der Waals surface area contributed by atoms with E-state index in [1.165, 1.54) is 6.04 Å². The zero-order chi connectivity index (χ0) is 11.3. The summed E-state index contributed by atoms with van der Waals surface area (Å²) < 4.78 is 5.68. The Kier molecular flexibility index (Phi) is 4.15. The van der Waals surface area contributed by atoms with Gasteiger partial charge in [-0.15, -0.1) is 0 Å². The van der Waals surface area contributed by atoms with Gasteiger partial charge >= 0.3 is 0 Å². The maximum Gasteiger partial charge on any atom is 0.119 e. The number of rotatable bonds is 5. The smallest absolute Gasteiger partial charge is 0.119 e. The third kappa shape index (κ3) is 4.84. The maximum atomic E-state index is 5.68. The topological polar surface area (TPSA) is 9.23 Å². The fraction of sp³-hybridized carbons (Fsp3) is 0.385. The van der Waals surface area contributed by atoms with E-state index in [9.17, 15) is 0 Å². The molecule has 15 heavy (non-hydrogen) atoms. The summed E-state index contributed by atoms with van der Waals surface area (Å²) >= 11 is 0. The number of hydrogen-bond donors (Lipinski definition) is 0. The van der Waals surface area contributed by atoms with Crippen molar-refractivity contribution in [1.29, 1.82) is 0 Å². The molecule has 1 aromatic carbocycles. The van der Waals surface area contributed by atoms with Gasteiger partial charge in [-0.2, -0.15) is 0 Å². The molecule has 0 aliphatic heterocycles. The molecule has 0 amide bonds. The molecule has 0 aliphatic carbocycles. The molecule has 82 valence electrons. The van der Waals surface area contributed by atoms with Gasteiger partial charge in [0.05, 0.1) is 6.61 Å². The molecule has 0 heterocycles. The van der Waals surface area contributed by atoms with Crippen molar-refractivity contribution in [2.75, 3.05) is 6.61 Å². The van der Waals surface area contributed by atoms with Crippen LogP contribution in [-0.4, -0.2) is 14.7 Å². The molecule has 0 saturated carbocycles. The van der Waals surface area contributed by atoms with Crippen LogP contribution < -0.4 is 4.74 Å². The molecule has 1 aromatic rings. The van der Waals surface area contributed by atoms with Gasteiger partial charge in [-0.3, -0.25) is 0 Å². The Hall–Kier alpha value is -1.02. The molecule has 0 spiro atoms. The molecule has 0 aromatic heterocycles. The molecule has 0 fully saturated rings. The quantitative estimate of drug-likeness (QED) is 0.680. The van der Waals surface area contributed by atoms with Gasteiger partial charge in [-0.1, -0.05) is 44.4 Å². The monoisotopic (exact) mass is 220 g/mol. The lowest BCUT2D eigenvalue weighted by Gasteiger charge is -2.15. The Morgan fingerprint density at radius 3 is 2.27 bits per heavy atom. The summed E-state index contributed by atoms with van der Waals surface area (Å²) in [6.45, 7) is 11.6. The van der Waals surface area contributed by atoms with Crippen LogP contribution in [-0.2, 0) is 0 Å². The summed E-state index contributed by atoms with van der Waals surface area (Å²) in [4.78, 5) is 0. The van der Waals surface area contributed by atoms with Gasteiger partial charge in [-0.05, 0) is 23.7 Å². The maximum absolute atomic E-state index is 5.68. The first kappa shape index (κ1) is 12.0. The summed E-state index contributed by atoms with van der Waals surface area (Å²) in [5.41, 5.74) is 1.13. The fourth-order valence-corrected chi connectivity index (χ4v) is 1.89. The highest BCUT2D eigenvalue weighted by Gasteiger charge is 2.12. The molecule has 0 N–H and O–H groups in total. The average molecular weight is 220 g/mol. The van der Waals surface area contributed by atoms with Crippen LogP contribution >= 0.6 is 0 Å². The Balaban J connectivity index is 2.41. The van der Waals surface area contributed by atoms with Gasteiger partial charge in [0.2, 0.25) is 0 Å². The summed E-state index contributed by atoms with van der Waals surface area (Å²) in [6, 6.07) is 9.26. The molecular weight excluding hydrogens is 200 g/mol. The van der Waals surface area contributed by atoms with Gasteiger partial charge in [0, 0.05) is 8.07 Å². The van der Waals surface area contributed by atoms with Crippen LogP contribution in [0.4, 0.5) is 0 Å². The molecule has 2 heteroatoms. The van der Waals surface area contributed by atoms with Crippen molar-refractivity contribution in [1.82, 2.24) is 0 Å². The molecule has 1 nitrogen and oxygen atoms in total. The van der Waals surface area contributed by atoms with Crippen molar-refractivity contribution in [3.8, 4) is 5.75 Å². The molecule has 0 saturated heterocycles. The second-order valence-electron chi connectivity index (χ2n) is 4.93. The molecule has 0 unspecified atom stereocenters. The predicted octanol–water partition coefficient (Wildman–Crippen LogP) is 4.05. The van der Waals surface area contributed by atoms with E-state index in [4.69, 9.17) is 4.74 Å². The predicted molar refractivity (Wildman–Crippen MR) is 70.2 cm³/mol. The Bertz CT molecular complexity index is 308. The largest absolute Gasteiger partial charge is 0.494 e. The van der Waals surface area contributed by atoms with Gasteiger partial charge in [0.1, 0.15) is 5.75 Å². The zero-order valence-corrected chi connectivity index (χ0v) is 10.9. The second kappa shape index (κ2) is 5.17. The highest BCUT2D eigenvalue weighted by molar-refractivity contribution is 6.76. The first-order valence-corrected chi connectivity index (χ1v) is 9.07. The highest BCUT2D eigenvalue weighted by Crippen LogP contribution is 2.15. The van der Waals surface area contributed by atoms with Crippen molar-refractivity contribution in [2.24, 2.45) is 0 Å². The summed E-state index contributed by atoms with van der Waals surface area (Å²) in [6.07, 6.45) is 1.84. The lowest BCUT2D eigenvalue weighted by molar-refractivity contribution is 0.338. The van der Waals surface area contributed by atoms with Crippen molar-refractivity contribution < 1.29 is 4.74 Å². The number of ether oxygens (including phenoxy) is 1. The van der Waals surface area contributed by atoms with Gasteiger partial charge in [-0.25, -0.2) is 0 Å². The van der Waals surface area contributed by atoms with E-state index in [0.29, 0.717) is 0 Å². The second-order valence-corrected chi connectivity index (χ2v) is 10.6. The Morgan fingerprint density at radius 1 is 1.20 bits per heavy atom. The molecule has 0 bridgehead atoms. The minimum Gasteiger partial charge on any atom is -0.494 e. The van der Waals surface area contributed by atoms with E-state index in [1.807, 2.05) is 30.3 Å². The van der Waals surface area contributed by atoms with E-state index in [1.54, 1.807) is 0 Å². The first-order valence-electron chi connectivity index (χ1n) is 5.36. The van der Waals surface area contributed by atoms with Crippen LogP contribution in [0.2, 0.25) is 25.7 Å². The summed E-state index contributed by atoms with van der Waals surface area (Å²) in [7, 11) is -0.970. The van der Waals surface area contributed by atoms with Gasteiger partial charge in [0.15, 0.2) is 0 Å². The minimum atomic E-state index is -0.970. The molecule has 1 rings (SSSR count). The van der Waals surface area contributed by atoms with Crippen LogP contribution in [0.15, 0.2) is 30.8 Å². The minimum absolute atomic E-state index is 0.836. The number of benzene rings is 1. The van der Waals surface area contributed by atoms with Crippen LogP contribution in [0.5, 0.6) is 5.75 Å². The highest BCUT2D eigenvalue weighted by atomic mass is 28.3. The standard InChI is InChI=1S/C13H20OSi/c1-5-12-6-8-13(9-7-12)14-10-11-15(2,3)4/h5-9H,1,10-11H2,2-4H3. The van der Waals surface area contributed by atoms with Crippen LogP contribution in [0, 0.1) is 0 Å². The fourth-order valence-electron chi connectivity index (χ4n) is 1.18. The zero-order valence-electron chi connectivity index (χ0n) is 9.92. The third-order valence-electron chi connectivity index (χ3n) is 2.24. The van der Waals surface area contributed by atoms with E-state index in [0.717, 1.165) is 17.9 Å². The molecule has 0 atom stereocenters. The van der Waals surface area contributed by atoms with Crippen molar-refractivity contribution in [3.63, 3.8) is 0 Å². The van der Waals surface area contributed by atoms with E-state index in [-0.39, 0.29) is 0 Å². The van der Waals surface area contributed by atoms with Crippen molar-refractivity contribution >= 4 is 14.1 Å². The number of hydrogen-bond acceptors (Lipinski definition) is 1. The normalized spacial score (nSPS) is 11.1. The summed E-state index contributed by atoms with van der Waals surface area (Å²) in [5.74, 6) is 0.957. The Labute approximate surface area is 93.8 Å². The van der Waals surface area contributed by atoms with Crippen molar-refractivity contribution in [2.45, 2.75) is 25.7 Å². The first-order chi connectivity index (χ1) is 7.01. The van der Waals surface area contributed by atoms with Crippen LogP contribution in [0.25, 0.3) is 6.08 Å². The van der Waals surface area contributed by atoms with Gasteiger partial charge in [0.25, 0.3) is 0 Å². The van der Waals surface area contributed by atoms with Crippen molar-refractivity contribution in [3.05, 3.63) is 36.4 Å². The van der Waals surface area contributed by atoms with Crippen LogP contribution in [0.1, 0.15) is 5.56 Å². The van der Waals surface area contributed by atoms with Crippen LogP contribution in [0.3, 0.4) is 0 Å². The lowest BCUT2D eigenvalue weighted by Crippen LogP contribution is -2.22. The lowest BCUT2D eigenvalue weighted by atomic mass is 10.2. The Morgan fingerprint density at radius 2 is 1.80 bits per heavy atom.